The number of anilines is 1. The number of aromatic nitrogens is 2. The van der Waals surface area contributed by atoms with Crippen molar-refractivity contribution < 1.29 is 4.79 Å². The number of hydrogen-bond donors (Lipinski definition) is 2. The van der Waals surface area contributed by atoms with Crippen LogP contribution in [-0.2, 0) is 11.3 Å². The van der Waals surface area contributed by atoms with Crippen LogP contribution in [0.5, 0.6) is 0 Å². The molecule has 19 heavy (non-hydrogen) atoms. The maximum atomic E-state index is 11.6. The molecule has 0 aliphatic rings. The zero-order valence-corrected chi connectivity index (χ0v) is 12.3. The third-order valence-corrected chi connectivity index (χ3v) is 3.37. The Morgan fingerprint density at radius 2 is 2.05 bits per heavy atom. The fourth-order valence-electron chi connectivity index (χ4n) is 2.02. The number of nitrogens with zero attached hydrogens (tertiary/aromatic N) is 3. The van der Waals surface area contributed by atoms with Crippen molar-refractivity contribution in [2.75, 3.05) is 25.5 Å². The van der Waals surface area contributed by atoms with Gasteiger partial charge >= 0.3 is 0 Å². The predicted octanol–water partition coefficient (Wildman–Crippen LogP) is 0.370. The summed E-state index contributed by atoms with van der Waals surface area (Å²) in [5.41, 5.74) is 8.73. The molecule has 0 spiro atoms. The van der Waals surface area contributed by atoms with Crippen LogP contribution >= 0.6 is 0 Å². The molecule has 0 saturated carbocycles. The lowest BCUT2D eigenvalue weighted by Gasteiger charge is -2.24. The quantitative estimate of drug-likeness (QED) is 0.803. The molecule has 1 unspecified atom stereocenters. The van der Waals surface area contributed by atoms with Gasteiger partial charge in [0, 0.05) is 32.7 Å². The number of carbonyl (C=O) groups is 1. The molecule has 6 nitrogen and oxygen atoms in total. The van der Waals surface area contributed by atoms with E-state index in [1.165, 1.54) is 0 Å². The van der Waals surface area contributed by atoms with E-state index < -0.39 is 0 Å². The van der Waals surface area contributed by atoms with E-state index in [1.54, 1.807) is 7.05 Å². The normalized spacial score (nSPS) is 12.1. The number of amides is 1. The van der Waals surface area contributed by atoms with Gasteiger partial charge in [-0.15, -0.1) is 5.10 Å². The molecule has 1 aromatic rings. The summed E-state index contributed by atoms with van der Waals surface area (Å²) in [4.78, 5) is 13.5. The molecule has 0 fully saturated rings. The Bertz CT molecular complexity index is 461. The summed E-state index contributed by atoms with van der Waals surface area (Å²) in [7, 11) is 3.54. The van der Waals surface area contributed by atoms with Crippen LogP contribution < -0.4 is 16.0 Å². The molecule has 1 atom stereocenters. The van der Waals surface area contributed by atoms with Crippen LogP contribution in [0.3, 0.4) is 0 Å². The Balaban J connectivity index is 2.97. The van der Waals surface area contributed by atoms with Crippen LogP contribution in [0.2, 0.25) is 0 Å². The van der Waals surface area contributed by atoms with E-state index in [4.69, 9.17) is 5.73 Å². The van der Waals surface area contributed by atoms with Crippen molar-refractivity contribution >= 4 is 11.7 Å². The van der Waals surface area contributed by atoms with Crippen LogP contribution in [0, 0.1) is 19.8 Å². The zero-order chi connectivity index (χ0) is 14.6. The summed E-state index contributed by atoms with van der Waals surface area (Å²) in [5.74, 6) is 0.642. The van der Waals surface area contributed by atoms with E-state index in [0.29, 0.717) is 13.1 Å². The number of aryl methyl sites for hydroxylation is 1. The second-order valence-corrected chi connectivity index (χ2v) is 4.81. The van der Waals surface area contributed by atoms with E-state index >= 15 is 0 Å². The van der Waals surface area contributed by atoms with E-state index in [0.717, 1.165) is 22.6 Å². The lowest BCUT2D eigenvalue weighted by molar-refractivity contribution is -0.123. The topological polar surface area (TPSA) is 84.1 Å². The molecule has 0 bridgehead atoms. The molecule has 1 rings (SSSR count). The van der Waals surface area contributed by atoms with E-state index in [2.05, 4.69) is 15.5 Å². The summed E-state index contributed by atoms with van der Waals surface area (Å²) in [6.45, 7) is 6.77. The summed E-state index contributed by atoms with van der Waals surface area (Å²) < 4.78 is 0. The van der Waals surface area contributed by atoms with Crippen molar-refractivity contribution in [2.24, 2.45) is 11.7 Å². The first-order chi connectivity index (χ1) is 8.92. The Labute approximate surface area is 114 Å². The van der Waals surface area contributed by atoms with E-state index in [-0.39, 0.29) is 11.8 Å². The fourth-order valence-corrected chi connectivity index (χ4v) is 2.02. The molecule has 0 saturated heterocycles. The second kappa shape index (κ2) is 6.47. The molecule has 0 aliphatic heterocycles. The van der Waals surface area contributed by atoms with Gasteiger partial charge in [0.1, 0.15) is 0 Å². The summed E-state index contributed by atoms with van der Waals surface area (Å²) in [6, 6.07) is 0. The third kappa shape index (κ3) is 3.41. The largest absolute Gasteiger partial charge is 0.359 e. The van der Waals surface area contributed by atoms with Crippen LogP contribution in [0.1, 0.15) is 23.7 Å². The molecule has 1 aromatic heterocycles. The van der Waals surface area contributed by atoms with Gasteiger partial charge < -0.3 is 16.0 Å². The van der Waals surface area contributed by atoms with Gasteiger partial charge in [-0.05, 0) is 19.4 Å². The van der Waals surface area contributed by atoms with E-state index in [9.17, 15) is 4.79 Å². The molecule has 0 aliphatic carbocycles. The fraction of sp³-hybridized carbons (Fsp3) is 0.615. The van der Waals surface area contributed by atoms with Gasteiger partial charge in [-0.1, -0.05) is 6.92 Å². The molecule has 6 heteroatoms. The number of rotatable bonds is 5. The van der Waals surface area contributed by atoms with Gasteiger partial charge in [-0.3, -0.25) is 4.79 Å². The maximum absolute atomic E-state index is 11.6. The summed E-state index contributed by atoms with van der Waals surface area (Å²) >= 11 is 0. The van der Waals surface area contributed by atoms with Crippen LogP contribution in [-0.4, -0.2) is 36.7 Å². The highest BCUT2D eigenvalue weighted by Gasteiger charge is 2.18. The highest BCUT2D eigenvalue weighted by molar-refractivity contribution is 5.78. The van der Waals surface area contributed by atoms with Crippen molar-refractivity contribution in [3.8, 4) is 0 Å². The second-order valence-electron chi connectivity index (χ2n) is 4.81. The SMILES string of the molecule is CNC(=O)C(C)CN(C)c1nnc(C)c(C)c1CN. The molecule has 3 N–H and O–H groups in total. The highest BCUT2D eigenvalue weighted by atomic mass is 16.1. The van der Waals surface area contributed by atoms with E-state index in [1.807, 2.05) is 32.7 Å². The number of nitrogens with one attached hydrogen (secondary N) is 1. The third-order valence-electron chi connectivity index (χ3n) is 3.37. The minimum Gasteiger partial charge on any atom is -0.359 e. The van der Waals surface area contributed by atoms with Gasteiger partial charge in [-0.25, -0.2) is 0 Å². The monoisotopic (exact) mass is 265 g/mol. The Hall–Kier alpha value is -1.69. The Morgan fingerprint density at radius 3 is 2.58 bits per heavy atom. The first-order valence-electron chi connectivity index (χ1n) is 6.37. The van der Waals surface area contributed by atoms with Crippen molar-refractivity contribution in [3.05, 3.63) is 16.8 Å². The molecular formula is C13H23N5O. The van der Waals surface area contributed by atoms with Crippen LogP contribution in [0.4, 0.5) is 5.82 Å². The van der Waals surface area contributed by atoms with Crippen molar-refractivity contribution in [1.29, 1.82) is 0 Å². The summed E-state index contributed by atoms with van der Waals surface area (Å²) in [6.07, 6.45) is 0. The number of hydrogen-bond acceptors (Lipinski definition) is 5. The molecule has 0 aromatic carbocycles. The van der Waals surface area contributed by atoms with Crippen LogP contribution in [0.15, 0.2) is 0 Å². The molecule has 0 radical (unpaired) electrons. The first kappa shape index (κ1) is 15.4. The Kier molecular flexibility index (Phi) is 5.23. The van der Waals surface area contributed by atoms with Gasteiger partial charge in [0.15, 0.2) is 5.82 Å². The van der Waals surface area contributed by atoms with Crippen LogP contribution in [0.25, 0.3) is 0 Å². The minimum atomic E-state index is -0.121. The molecular weight excluding hydrogens is 242 g/mol. The summed E-state index contributed by atoms with van der Waals surface area (Å²) in [5, 5.41) is 11.0. The van der Waals surface area contributed by atoms with Crippen molar-refractivity contribution in [2.45, 2.75) is 27.3 Å². The van der Waals surface area contributed by atoms with Gasteiger partial charge in [-0.2, -0.15) is 5.10 Å². The lowest BCUT2D eigenvalue weighted by Crippen LogP contribution is -2.35. The number of nitrogens with two attached hydrogens (primary N) is 1. The average Bonchev–Trinajstić information content (AvgIpc) is 2.40. The Morgan fingerprint density at radius 1 is 1.42 bits per heavy atom. The molecule has 1 heterocycles. The highest BCUT2D eigenvalue weighted by Crippen LogP contribution is 2.21. The smallest absolute Gasteiger partial charge is 0.224 e. The first-order valence-corrected chi connectivity index (χ1v) is 6.37. The predicted molar refractivity (Wildman–Crippen MR) is 75.9 cm³/mol. The lowest BCUT2D eigenvalue weighted by atomic mass is 10.1. The molecule has 1 amide bonds. The molecule has 106 valence electrons. The van der Waals surface area contributed by atoms with Gasteiger partial charge in [0.05, 0.1) is 11.6 Å². The van der Waals surface area contributed by atoms with Gasteiger partial charge in [0.25, 0.3) is 0 Å². The zero-order valence-electron chi connectivity index (χ0n) is 12.3. The standard InChI is InChI=1S/C13H23N5O/c1-8(13(19)15-4)7-18(5)12-11(6-14)9(2)10(3)16-17-12/h8H,6-7,14H2,1-5H3,(H,15,19). The van der Waals surface area contributed by atoms with Gasteiger partial charge in [0.2, 0.25) is 5.91 Å². The average molecular weight is 265 g/mol. The maximum Gasteiger partial charge on any atom is 0.224 e. The number of carbonyl (C=O) groups excluding carboxylic acids is 1. The van der Waals surface area contributed by atoms with Crippen molar-refractivity contribution in [1.82, 2.24) is 15.5 Å². The van der Waals surface area contributed by atoms with Crippen molar-refractivity contribution in [3.63, 3.8) is 0 Å². The minimum absolute atomic E-state index is 0.0120.